The van der Waals surface area contributed by atoms with E-state index in [1.54, 1.807) is 13.1 Å². The van der Waals surface area contributed by atoms with Crippen LogP contribution in [0.3, 0.4) is 0 Å². The van der Waals surface area contributed by atoms with Crippen LogP contribution >= 0.6 is 23.2 Å². The molecule has 0 unspecified atom stereocenters. The highest BCUT2D eigenvalue weighted by atomic mass is 35.5. The van der Waals surface area contributed by atoms with Gasteiger partial charge in [-0.25, -0.2) is 9.37 Å². The second-order valence-corrected chi connectivity index (χ2v) is 5.37. The van der Waals surface area contributed by atoms with Crippen LogP contribution in [0.1, 0.15) is 0 Å². The van der Waals surface area contributed by atoms with Crippen molar-refractivity contribution in [2.45, 2.75) is 0 Å². The number of rotatable bonds is 2. The highest BCUT2D eigenvalue weighted by Gasteiger charge is 2.15. The van der Waals surface area contributed by atoms with Crippen molar-refractivity contribution in [2.24, 2.45) is 7.05 Å². The minimum atomic E-state index is -0.622. The molecule has 0 aliphatic heterocycles. The van der Waals surface area contributed by atoms with Crippen molar-refractivity contribution in [3.63, 3.8) is 0 Å². The molecule has 0 aliphatic rings. The molecular weight excluding hydrogens is 330 g/mol. The maximum atomic E-state index is 13.8. The van der Waals surface area contributed by atoms with E-state index in [-0.39, 0.29) is 32.5 Å². The average molecular weight is 339 g/mol. The number of nitrogens with zero attached hydrogens (tertiary/aromatic N) is 2. The molecule has 0 saturated carbocycles. The molecule has 7 heteroatoms. The molecule has 3 rings (SSSR count). The zero-order valence-corrected chi connectivity index (χ0v) is 12.8. The van der Waals surface area contributed by atoms with Crippen LogP contribution in [0.4, 0.5) is 4.39 Å². The van der Waals surface area contributed by atoms with Crippen molar-refractivity contribution in [1.29, 1.82) is 0 Å². The molecule has 0 bridgehead atoms. The summed E-state index contributed by atoms with van der Waals surface area (Å²) < 4.78 is 20.6. The molecule has 0 aliphatic carbocycles. The Balaban J connectivity index is 2.19. The Kier molecular flexibility index (Phi) is 3.76. The number of hydrogen-bond donors (Lipinski definition) is 0. The topological polar surface area (TPSA) is 44.1 Å². The molecule has 0 amide bonds. The quantitative estimate of drug-likeness (QED) is 0.704. The van der Waals surface area contributed by atoms with Crippen LogP contribution in [-0.4, -0.2) is 9.55 Å². The normalized spacial score (nSPS) is 10.9. The molecule has 0 radical (unpaired) electrons. The van der Waals surface area contributed by atoms with Crippen LogP contribution in [-0.2, 0) is 7.05 Å². The minimum Gasteiger partial charge on any atom is -0.451 e. The van der Waals surface area contributed by atoms with Crippen LogP contribution in [0.2, 0.25) is 10.0 Å². The standard InChI is InChI=1S/C15H9Cl2FN2O2/c1-20-7-19-10-5-6-11(13(17)12(10)15(20)21)22-14-8(16)3-2-4-9(14)18/h2-7H,1H3. The first-order valence-electron chi connectivity index (χ1n) is 6.24. The van der Waals surface area contributed by atoms with Crippen molar-refractivity contribution < 1.29 is 9.13 Å². The number of fused-ring (bicyclic) bond motifs is 1. The summed E-state index contributed by atoms with van der Waals surface area (Å²) in [5, 5.41) is 0.373. The number of aryl methyl sites for hydroxylation is 1. The molecule has 4 nitrogen and oxygen atoms in total. The van der Waals surface area contributed by atoms with Gasteiger partial charge < -0.3 is 9.30 Å². The van der Waals surface area contributed by atoms with Gasteiger partial charge in [0.1, 0.15) is 5.75 Å². The number of hydrogen-bond acceptors (Lipinski definition) is 3. The number of para-hydroxylation sites is 1. The Hall–Kier alpha value is -2.11. The Morgan fingerprint density at radius 3 is 2.73 bits per heavy atom. The van der Waals surface area contributed by atoms with Gasteiger partial charge in [0, 0.05) is 7.05 Å². The highest BCUT2D eigenvalue weighted by Crippen LogP contribution is 2.37. The van der Waals surface area contributed by atoms with Crippen LogP contribution in [0, 0.1) is 5.82 Å². The van der Waals surface area contributed by atoms with Gasteiger partial charge in [0.2, 0.25) is 0 Å². The number of halogens is 3. The summed E-state index contributed by atoms with van der Waals surface area (Å²) in [5.41, 5.74) is 0.111. The van der Waals surface area contributed by atoms with E-state index in [1.165, 1.54) is 35.2 Å². The summed E-state index contributed by atoms with van der Waals surface area (Å²) >= 11 is 12.1. The van der Waals surface area contributed by atoms with E-state index in [9.17, 15) is 9.18 Å². The van der Waals surface area contributed by atoms with Crippen LogP contribution in [0.5, 0.6) is 11.5 Å². The predicted octanol–water partition coefficient (Wildman–Crippen LogP) is 4.17. The summed E-state index contributed by atoms with van der Waals surface area (Å²) in [5.74, 6) is -0.639. The largest absolute Gasteiger partial charge is 0.451 e. The van der Waals surface area contributed by atoms with E-state index >= 15 is 0 Å². The molecule has 1 aromatic heterocycles. The van der Waals surface area contributed by atoms with Gasteiger partial charge in [-0.1, -0.05) is 29.3 Å². The first-order chi connectivity index (χ1) is 10.5. The molecule has 1 heterocycles. The fourth-order valence-corrected chi connectivity index (χ4v) is 2.48. The number of aromatic nitrogens is 2. The molecule has 0 spiro atoms. The summed E-state index contributed by atoms with van der Waals surface area (Å²) in [4.78, 5) is 16.3. The monoisotopic (exact) mass is 338 g/mol. The van der Waals surface area contributed by atoms with Crippen molar-refractivity contribution in [3.8, 4) is 11.5 Å². The fraction of sp³-hybridized carbons (Fsp3) is 0.0667. The first kappa shape index (κ1) is 14.8. The van der Waals surface area contributed by atoms with Gasteiger partial charge in [-0.05, 0) is 24.3 Å². The third-order valence-corrected chi connectivity index (χ3v) is 3.79. The smallest absolute Gasteiger partial charge is 0.262 e. The molecule has 0 N–H and O–H groups in total. The lowest BCUT2D eigenvalue weighted by molar-refractivity contribution is 0.443. The predicted molar refractivity (Wildman–Crippen MR) is 83.5 cm³/mol. The van der Waals surface area contributed by atoms with Crippen molar-refractivity contribution in [1.82, 2.24) is 9.55 Å². The number of benzene rings is 2. The molecule has 112 valence electrons. The average Bonchev–Trinajstić information content (AvgIpc) is 2.49. The van der Waals surface area contributed by atoms with Gasteiger partial charge in [0.15, 0.2) is 11.6 Å². The van der Waals surface area contributed by atoms with E-state index in [1.807, 2.05) is 0 Å². The van der Waals surface area contributed by atoms with E-state index in [0.29, 0.717) is 5.52 Å². The van der Waals surface area contributed by atoms with E-state index < -0.39 is 5.82 Å². The van der Waals surface area contributed by atoms with Gasteiger partial charge >= 0.3 is 0 Å². The summed E-state index contributed by atoms with van der Waals surface area (Å²) in [6.45, 7) is 0. The van der Waals surface area contributed by atoms with Crippen molar-refractivity contribution in [2.75, 3.05) is 0 Å². The molecule has 0 atom stereocenters. The zero-order chi connectivity index (χ0) is 15.9. The Labute approximate surface area is 134 Å². The maximum Gasteiger partial charge on any atom is 0.262 e. The van der Waals surface area contributed by atoms with Gasteiger partial charge in [-0.15, -0.1) is 0 Å². The maximum absolute atomic E-state index is 13.8. The third kappa shape index (κ3) is 2.42. The minimum absolute atomic E-state index is 0.0607. The Morgan fingerprint density at radius 2 is 2.00 bits per heavy atom. The highest BCUT2D eigenvalue weighted by molar-refractivity contribution is 6.37. The van der Waals surface area contributed by atoms with E-state index in [2.05, 4.69) is 4.98 Å². The summed E-state index contributed by atoms with van der Waals surface area (Å²) in [6, 6.07) is 7.27. The lowest BCUT2D eigenvalue weighted by Gasteiger charge is -2.11. The molecular formula is C15H9Cl2FN2O2. The lowest BCUT2D eigenvalue weighted by atomic mass is 10.2. The Bertz CT molecular complexity index is 920. The van der Waals surface area contributed by atoms with E-state index in [0.717, 1.165) is 0 Å². The Morgan fingerprint density at radius 1 is 1.23 bits per heavy atom. The van der Waals surface area contributed by atoms with Gasteiger partial charge in [-0.2, -0.15) is 0 Å². The number of ether oxygens (including phenoxy) is 1. The SMILES string of the molecule is Cn1cnc2ccc(Oc3c(F)cccc3Cl)c(Cl)c2c1=O. The fourth-order valence-electron chi connectivity index (χ4n) is 2.00. The molecule has 0 saturated heterocycles. The molecule has 2 aromatic carbocycles. The zero-order valence-electron chi connectivity index (χ0n) is 11.3. The van der Waals surface area contributed by atoms with Gasteiger partial charge in [0.05, 0.1) is 27.3 Å². The lowest BCUT2D eigenvalue weighted by Crippen LogP contribution is -2.17. The molecule has 3 aromatic rings. The van der Waals surface area contributed by atoms with Gasteiger partial charge in [-0.3, -0.25) is 4.79 Å². The summed E-state index contributed by atoms with van der Waals surface area (Å²) in [7, 11) is 1.56. The van der Waals surface area contributed by atoms with Crippen molar-refractivity contribution >= 4 is 34.1 Å². The van der Waals surface area contributed by atoms with Crippen LogP contribution in [0.25, 0.3) is 10.9 Å². The third-order valence-electron chi connectivity index (χ3n) is 3.12. The second-order valence-electron chi connectivity index (χ2n) is 4.59. The molecule has 0 fully saturated rings. The van der Waals surface area contributed by atoms with Crippen LogP contribution in [0.15, 0.2) is 41.5 Å². The second kappa shape index (κ2) is 5.59. The van der Waals surface area contributed by atoms with Gasteiger partial charge in [0.25, 0.3) is 5.56 Å². The van der Waals surface area contributed by atoms with Crippen LogP contribution < -0.4 is 10.3 Å². The molecule has 22 heavy (non-hydrogen) atoms. The summed E-state index contributed by atoms with van der Waals surface area (Å²) in [6.07, 6.45) is 1.40. The van der Waals surface area contributed by atoms with E-state index in [4.69, 9.17) is 27.9 Å². The van der Waals surface area contributed by atoms with Crippen molar-refractivity contribution in [3.05, 3.63) is 62.9 Å². The first-order valence-corrected chi connectivity index (χ1v) is 7.00.